The van der Waals surface area contributed by atoms with Crippen molar-refractivity contribution in [2.24, 2.45) is 0 Å². The zero-order valence-electron chi connectivity index (χ0n) is 31.8. The van der Waals surface area contributed by atoms with Crippen LogP contribution in [0.1, 0.15) is 30.8 Å². The van der Waals surface area contributed by atoms with E-state index in [1.54, 1.807) is 24.3 Å². The topological polar surface area (TPSA) is 60.4 Å². The molecule has 0 saturated carbocycles. The Kier molecular flexibility index (Phi) is 11.7. The number of nitrogens with zero attached hydrogens (tertiary/aromatic N) is 6. The molecule has 0 spiro atoms. The van der Waals surface area contributed by atoms with Gasteiger partial charge in [-0.15, -0.1) is 53.6 Å². The second kappa shape index (κ2) is 17.4. The Hall–Kier alpha value is -7.11. The van der Waals surface area contributed by atoms with Crippen LogP contribution < -0.4 is 9.80 Å². The molecule has 0 saturated heterocycles. The monoisotopic (exact) mass is 927 g/mol. The summed E-state index contributed by atoms with van der Waals surface area (Å²) in [6.07, 6.45) is 0. The van der Waals surface area contributed by atoms with Crippen LogP contribution in [0.2, 0.25) is 0 Å². The van der Waals surface area contributed by atoms with Crippen molar-refractivity contribution in [3.8, 4) is 28.6 Å². The van der Waals surface area contributed by atoms with Gasteiger partial charge in [0.05, 0.1) is 12.6 Å². The Morgan fingerprint density at radius 3 is 1.33 bits per heavy atom. The molecule has 2 aromatic heterocycles. The predicted octanol–water partition coefficient (Wildman–Crippen LogP) is 13.1. The number of hydrogen-bond acceptors (Lipinski definition) is 5. The van der Waals surface area contributed by atoms with Gasteiger partial charge in [-0.1, -0.05) is 84.9 Å². The van der Waals surface area contributed by atoms with Gasteiger partial charge in [0.15, 0.2) is 0 Å². The quantitative estimate of drug-likeness (QED) is 0.128. The molecule has 0 unspecified atom stereocenters. The summed E-state index contributed by atoms with van der Waals surface area (Å²) in [5.41, 5.74) is 10.3. The van der Waals surface area contributed by atoms with E-state index in [0.29, 0.717) is 33.8 Å². The maximum Gasteiger partial charge on any atom is 2.00 e. The van der Waals surface area contributed by atoms with Crippen LogP contribution in [0.4, 0.5) is 39.8 Å². The maximum atomic E-state index is 9.85. The number of rotatable bonds is 10. The summed E-state index contributed by atoms with van der Waals surface area (Å²) >= 11 is 0. The molecule has 0 aliphatic carbocycles. The zero-order valence-corrected chi connectivity index (χ0v) is 34.1. The second-order valence-corrected chi connectivity index (χ2v) is 14.0. The molecule has 8 aromatic rings. The Labute approximate surface area is 354 Å². The molecule has 0 amide bonds. The van der Waals surface area contributed by atoms with Gasteiger partial charge in [0.2, 0.25) is 0 Å². The Balaban J connectivity index is 0.00000512. The van der Waals surface area contributed by atoms with Crippen LogP contribution in [0.15, 0.2) is 182 Å². The number of anilines is 6. The number of aromatic nitrogens is 2. The molecule has 0 bridgehead atoms. The standard InChI is InChI=1S/C51H36N6.Pt/c1-51(2,49-34-45(32-47(54-49)38-19-16-18-37(30-38)36-52)56(41-22-8-4-9-23-41)42-24-10-5-11-25-42)50-35-46(33-48(55-50)39-20-17-21-40(31-39)53-3)57(43-26-12-6-13-27-43)44-28-14-7-15-29-44;/h4-18,21-35H,1-2H3;/q-2;+2. The van der Waals surface area contributed by atoms with Gasteiger partial charge in [-0.3, -0.25) is 4.85 Å². The van der Waals surface area contributed by atoms with Crippen LogP contribution in [0, 0.1) is 30.0 Å². The van der Waals surface area contributed by atoms with Crippen LogP contribution in [-0.4, -0.2) is 9.97 Å². The average Bonchev–Trinajstić information content (AvgIpc) is 3.28. The van der Waals surface area contributed by atoms with Gasteiger partial charge in [-0.25, -0.2) is 0 Å². The second-order valence-electron chi connectivity index (χ2n) is 14.0. The molecule has 7 heteroatoms. The van der Waals surface area contributed by atoms with Crippen LogP contribution in [0.5, 0.6) is 0 Å². The van der Waals surface area contributed by atoms with Crippen LogP contribution in [0.3, 0.4) is 0 Å². The summed E-state index contributed by atoms with van der Waals surface area (Å²) in [4.78, 5) is 18.8. The molecule has 280 valence electrons. The van der Waals surface area contributed by atoms with Gasteiger partial charge >= 0.3 is 21.1 Å². The largest absolute Gasteiger partial charge is 2.00 e. The van der Waals surface area contributed by atoms with E-state index in [1.165, 1.54) is 0 Å². The van der Waals surface area contributed by atoms with E-state index in [0.717, 1.165) is 45.5 Å². The van der Waals surface area contributed by atoms with Gasteiger partial charge in [-0.2, -0.15) is 11.3 Å². The van der Waals surface area contributed by atoms with Crippen molar-refractivity contribution < 1.29 is 21.1 Å². The minimum atomic E-state index is -0.780. The number of benzene rings is 6. The molecule has 0 fully saturated rings. The first-order chi connectivity index (χ1) is 27.9. The third kappa shape index (κ3) is 8.21. The van der Waals surface area contributed by atoms with E-state index < -0.39 is 5.41 Å². The first-order valence-corrected chi connectivity index (χ1v) is 18.6. The van der Waals surface area contributed by atoms with Crippen LogP contribution in [0.25, 0.3) is 27.4 Å². The van der Waals surface area contributed by atoms with E-state index in [2.05, 4.69) is 119 Å². The third-order valence-corrected chi connectivity index (χ3v) is 9.87. The smallest absolute Gasteiger partial charge is 0.311 e. The van der Waals surface area contributed by atoms with Crippen molar-refractivity contribution in [3.05, 3.63) is 222 Å². The third-order valence-electron chi connectivity index (χ3n) is 9.87. The Bertz CT molecular complexity index is 2470. The first kappa shape index (κ1) is 39.1. The average molecular weight is 928 g/mol. The van der Waals surface area contributed by atoms with E-state index in [1.807, 2.05) is 84.9 Å². The Morgan fingerprint density at radius 2 is 0.931 bits per heavy atom. The van der Waals surface area contributed by atoms with Crippen molar-refractivity contribution in [2.75, 3.05) is 9.80 Å². The molecule has 8 rings (SSSR count). The first-order valence-electron chi connectivity index (χ1n) is 18.6. The van der Waals surface area contributed by atoms with Crippen LogP contribution >= 0.6 is 0 Å². The van der Waals surface area contributed by atoms with Crippen molar-refractivity contribution in [3.63, 3.8) is 0 Å². The SMILES string of the molecule is [C-]#[N+]c1cc[c-]c(-c2cc(N(c3ccccc3)c3ccccc3)cc(C(C)(C)c3cc(N(c4ccccc4)c4ccccc4)cc(-c4[c-]ccc(C#N)c4)n3)n2)c1.[Pt+2]. The van der Waals surface area contributed by atoms with Crippen LogP contribution in [-0.2, 0) is 26.5 Å². The fourth-order valence-corrected chi connectivity index (χ4v) is 6.90. The van der Waals surface area contributed by atoms with Crippen molar-refractivity contribution >= 4 is 39.8 Å². The van der Waals surface area contributed by atoms with E-state index in [4.69, 9.17) is 16.5 Å². The molecule has 0 radical (unpaired) electrons. The molecule has 58 heavy (non-hydrogen) atoms. The molecule has 0 atom stereocenters. The summed E-state index contributed by atoms with van der Waals surface area (Å²) in [5.74, 6) is 0. The van der Waals surface area contributed by atoms with Gasteiger partial charge in [-0.05, 0) is 91.5 Å². The van der Waals surface area contributed by atoms with Gasteiger partial charge in [0, 0.05) is 50.9 Å². The molecular weight excluding hydrogens is 892 g/mol. The van der Waals surface area contributed by atoms with Crippen molar-refractivity contribution in [1.82, 2.24) is 9.97 Å². The van der Waals surface area contributed by atoms with E-state index >= 15 is 0 Å². The van der Waals surface area contributed by atoms with Gasteiger partial charge < -0.3 is 19.8 Å². The molecule has 2 heterocycles. The number of pyridine rings is 2. The van der Waals surface area contributed by atoms with Gasteiger partial charge in [0.1, 0.15) is 5.69 Å². The summed E-state index contributed by atoms with van der Waals surface area (Å²) in [6, 6.07) is 69.1. The van der Waals surface area contributed by atoms with Crippen molar-refractivity contribution in [2.45, 2.75) is 19.3 Å². The molecule has 0 aliphatic heterocycles. The summed E-state index contributed by atoms with van der Waals surface area (Å²) < 4.78 is 0. The normalized spacial score (nSPS) is 10.8. The molecule has 6 nitrogen and oxygen atoms in total. The fourth-order valence-electron chi connectivity index (χ4n) is 6.90. The Morgan fingerprint density at radius 1 is 0.534 bits per heavy atom. The zero-order chi connectivity index (χ0) is 39.2. The minimum Gasteiger partial charge on any atom is -0.311 e. The molecule has 0 aliphatic rings. The summed E-state index contributed by atoms with van der Waals surface area (Å²) in [7, 11) is 0. The minimum absolute atomic E-state index is 0. The predicted molar refractivity (Wildman–Crippen MR) is 229 cm³/mol. The number of para-hydroxylation sites is 4. The van der Waals surface area contributed by atoms with E-state index in [-0.39, 0.29) is 21.1 Å². The van der Waals surface area contributed by atoms with Gasteiger partial charge in [0.25, 0.3) is 0 Å². The summed E-state index contributed by atoms with van der Waals surface area (Å²) in [6.45, 7) is 12.0. The number of hydrogen-bond donors (Lipinski definition) is 0. The maximum absolute atomic E-state index is 9.85. The molecular formula is C51H36N6Pt. The number of nitriles is 1. The van der Waals surface area contributed by atoms with E-state index in [9.17, 15) is 5.26 Å². The fraction of sp³-hybridized carbons (Fsp3) is 0.0588. The summed E-state index contributed by atoms with van der Waals surface area (Å²) in [5, 5.41) is 9.85. The molecule has 6 aromatic carbocycles. The molecule has 0 N–H and O–H groups in total. The van der Waals surface area contributed by atoms with Crippen molar-refractivity contribution in [1.29, 1.82) is 5.26 Å².